The molecule has 0 aliphatic heterocycles. The number of aromatic nitrogens is 2. The smallest absolute Gasteiger partial charge is 0.275 e. The third-order valence-electron chi connectivity index (χ3n) is 3.37. The van der Waals surface area contributed by atoms with Gasteiger partial charge in [-0.15, -0.1) is 0 Å². The van der Waals surface area contributed by atoms with E-state index in [0.29, 0.717) is 28.3 Å². The van der Waals surface area contributed by atoms with E-state index in [9.17, 15) is 9.59 Å². The van der Waals surface area contributed by atoms with Gasteiger partial charge in [-0.1, -0.05) is 24.3 Å². The number of hydrogen-bond acceptors (Lipinski definition) is 4. The zero-order valence-electron chi connectivity index (χ0n) is 13.3. The van der Waals surface area contributed by atoms with E-state index in [4.69, 9.17) is 0 Å². The van der Waals surface area contributed by atoms with Gasteiger partial charge in [0.15, 0.2) is 0 Å². The van der Waals surface area contributed by atoms with Gasteiger partial charge in [0.2, 0.25) is 5.91 Å². The Morgan fingerprint density at radius 3 is 2.38 bits per heavy atom. The first-order valence-corrected chi connectivity index (χ1v) is 7.45. The normalized spacial score (nSPS) is 10.4. The summed E-state index contributed by atoms with van der Waals surface area (Å²) in [4.78, 5) is 32.4. The highest BCUT2D eigenvalue weighted by molar-refractivity contribution is 6.11. The molecule has 0 fully saturated rings. The summed E-state index contributed by atoms with van der Waals surface area (Å²) < 4.78 is 0. The Kier molecular flexibility index (Phi) is 4.20. The molecule has 2 amide bonds. The van der Waals surface area contributed by atoms with Gasteiger partial charge < -0.3 is 10.6 Å². The van der Waals surface area contributed by atoms with Crippen LogP contribution in [-0.2, 0) is 4.79 Å². The maximum atomic E-state index is 12.6. The molecule has 120 valence electrons. The van der Waals surface area contributed by atoms with Crippen molar-refractivity contribution in [2.24, 2.45) is 0 Å². The number of carbonyl (C=O) groups excluding carboxylic acids is 2. The Bertz CT molecular complexity index is 937. The summed E-state index contributed by atoms with van der Waals surface area (Å²) in [5, 5.41) is 6.18. The van der Waals surface area contributed by atoms with Crippen molar-refractivity contribution in [2.75, 3.05) is 10.6 Å². The van der Waals surface area contributed by atoms with Crippen LogP contribution < -0.4 is 10.6 Å². The van der Waals surface area contributed by atoms with Crippen LogP contribution in [0.2, 0.25) is 0 Å². The van der Waals surface area contributed by atoms with E-state index in [1.54, 1.807) is 31.2 Å². The highest BCUT2D eigenvalue weighted by Gasteiger charge is 2.14. The van der Waals surface area contributed by atoms with Crippen LogP contribution >= 0.6 is 0 Å². The van der Waals surface area contributed by atoms with Crippen molar-refractivity contribution >= 4 is 34.1 Å². The SMILES string of the molecule is CC(=O)Nc1cccc(NC(=O)c2nc(C)nc3ccccc23)c1. The number of fused-ring (bicyclic) bond motifs is 1. The lowest BCUT2D eigenvalue weighted by Crippen LogP contribution is -2.15. The van der Waals surface area contributed by atoms with Crippen LogP contribution in [0, 0.1) is 6.92 Å². The van der Waals surface area contributed by atoms with Gasteiger partial charge in [-0.2, -0.15) is 0 Å². The van der Waals surface area contributed by atoms with Gasteiger partial charge in [-0.05, 0) is 31.2 Å². The molecule has 1 aromatic heterocycles. The highest BCUT2D eigenvalue weighted by atomic mass is 16.2. The molecule has 0 aliphatic carbocycles. The van der Waals surface area contributed by atoms with Gasteiger partial charge in [0.05, 0.1) is 5.52 Å². The van der Waals surface area contributed by atoms with Crippen LogP contribution in [0.1, 0.15) is 23.2 Å². The molecule has 2 N–H and O–H groups in total. The fourth-order valence-electron chi connectivity index (χ4n) is 2.43. The molecule has 0 saturated carbocycles. The van der Waals surface area contributed by atoms with Crippen molar-refractivity contribution in [3.63, 3.8) is 0 Å². The summed E-state index contributed by atoms with van der Waals surface area (Å²) in [6.45, 7) is 3.18. The molecule has 2 aromatic carbocycles. The molecule has 0 unspecified atom stereocenters. The first kappa shape index (κ1) is 15.6. The Labute approximate surface area is 138 Å². The molecule has 0 atom stereocenters. The number of benzene rings is 2. The van der Waals surface area contributed by atoms with Crippen LogP contribution in [-0.4, -0.2) is 21.8 Å². The van der Waals surface area contributed by atoms with Gasteiger partial charge in [0.1, 0.15) is 11.5 Å². The van der Waals surface area contributed by atoms with Crippen LogP contribution in [0.4, 0.5) is 11.4 Å². The molecule has 3 rings (SSSR count). The lowest BCUT2D eigenvalue weighted by Gasteiger charge is -2.09. The molecule has 0 spiro atoms. The van der Waals surface area contributed by atoms with Gasteiger partial charge in [-0.3, -0.25) is 9.59 Å². The Morgan fingerprint density at radius 1 is 0.917 bits per heavy atom. The van der Waals surface area contributed by atoms with E-state index in [1.807, 2.05) is 24.3 Å². The van der Waals surface area contributed by atoms with Gasteiger partial charge in [-0.25, -0.2) is 9.97 Å². The minimum atomic E-state index is -0.323. The molecule has 0 aliphatic rings. The van der Waals surface area contributed by atoms with Crippen LogP contribution in [0.5, 0.6) is 0 Å². The number of carbonyl (C=O) groups is 2. The van der Waals surface area contributed by atoms with E-state index in [1.165, 1.54) is 6.92 Å². The van der Waals surface area contributed by atoms with E-state index < -0.39 is 0 Å². The number of para-hydroxylation sites is 1. The summed E-state index contributed by atoms with van der Waals surface area (Å²) in [5.41, 5.74) is 2.24. The number of nitrogens with one attached hydrogen (secondary N) is 2. The van der Waals surface area contributed by atoms with Gasteiger partial charge in [0.25, 0.3) is 5.91 Å². The lowest BCUT2D eigenvalue weighted by molar-refractivity contribution is -0.114. The van der Waals surface area contributed by atoms with E-state index >= 15 is 0 Å². The molecular formula is C18H16N4O2. The number of rotatable bonds is 3. The molecule has 24 heavy (non-hydrogen) atoms. The Hall–Kier alpha value is -3.28. The number of anilines is 2. The molecule has 6 heteroatoms. The summed E-state index contributed by atoms with van der Waals surface area (Å²) >= 11 is 0. The van der Waals surface area contributed by atoms with Crippen LogP contribution in [0.15, 0.2) is 48.5 Å². The molecule has 0 radical (unpaired) electrons. The minimum Gasteiger partial charge on any atom is -0.326 e. The number of hydrogen-bond donors (Lipinski definition) is 2. The maximum absolute atomic E-state index is 12.6. The van der Waals surface area contributed by atoms with Crippen molar-refractivity contribution < 1.29 is 9.59 Å². The topological polar surface area (TPSA) is 84.0 Å². The molecule has 0 bridgehead atoms. The minimum absolute atomic E-state index is 0.170. The average Bonchev–Trinajstić information content (AvgIpc) is 2.53. The molecule has 0 saturated heterocycles. The summed E-state index contributed by atoms with van der Waals surface area (Å²) in [6.07, 6.45) is 0. The van der Waals surface area contributed by atoms with Crippen molar-refractivity contribution in [1.82, 2.24) is 9.97 Å². The maximum Gasteiger partial charge on any atom is 0.275 e. The number of aryl methyl sites for hydroxylation is 1. The lowest BCUT2D eigenvalue weighted by atomic mass is 10.1. The van der Waals surface area contributed by atoms with Gasteiger partial charge in [0, 0.05) is 23.7 Å². The summed E-state index contributed by atoms with van der Waals surface area (Å²) in [7, 11) is 0. The second-order valence-corrected chi connectivity index (χ2v) is 5.35. The third kappa shape index (κ3) is 3.38. The first-order valence-electron chi connectivity index (χ1n) is 7.45. The molecule has 1 heterocycles. The standard InChI is InChI=1S/C18H16N4O2/c1-11-19-16-9-4-3-8-15(16)17(20-11)18(24)22-14-7-5-6-13(10-14)21-12(2)23/h3-10H,1-2H3,(H,21,23)(H,22,24). The fraction of sp³-hybridized carbons (Fsp3) is 0.111. The third-order valence-corrected chi connectivity index (χ3v) is 3.37. The van der Waals surface area contributed by atoms with Crippen LogP contribution in [0.3, 0.4) is 0 Å². The summed E-state index contributed by atoms with van der Waals surface area (Å²) in [6, 6.07) is 14.3. The van der Waals surface area contributed by atoms with Crippen LogP contribution in [0.25, 0.3) is 10.9 Å². The van der Waals surface area contributed by atoms with Crippen molar-refractivity contribution in [3.05, 3.63) is 60.0 Å². The fourth-order valence-corrected chi connectivity index (χ4v) is 2.43. The average molecular weight is 320 g/mol. The van der Waals surface area contributed by atoms with Crippen molar-refractivity contribution in [2.45, 2.75) is 13.8 Å². The molecule has 3 aromatic rings. The summed E-state index contributed by atoms with van der Waals surface area (Å²) in [5.74, 6) is 0.0402. The largest absolute Gasteiger partial charge is 0.326 e. The second-order valence-electron chi connectivity index (χ2n) is 5.35. The molecular weight excluding hydrogens is 304 g/mol. The number of nitrogens with zero attached hydrogens (tertiary/aromatic N) is 2. The van der Waals surface area contributed by atoms with E-state index in [2.05, 4.69) is 20.6 Å². The molecule has 6 nitrogen and oxygen atoms in total. The van der Waals surface area contributed by atoms with Gasteiger partial charge >= 0.3 is 0 Å². The number of amides is 2. The second kappa shape index (κ2) is 6.45. The highest BCUT2D eigenvalue weighted by Crippen LogP contribution is 2.19. The van der Waals surface area contributed by atoms with Crippen molar-refractivity contribution in [1.29, 1.82) is 0 Å². The Balaban J connectivity index is 1.92. The predicted molar refractivity (Wildman–Crippen MR) is 93.0 cm³/mol. The monoisotopic (exact) mass is 320 g/mol. The zero-order valence-corrected chi connectivity index (χ0v) is 13.3. The predicted octanol–water partition coefficient (Wildman–Crippen LogP) is 3.15. The van der Waals surface area contributed by atoms with E-state index in [-0.39, 0.29) is 11.8 Å². The quantitative estimate of drug-likeness (QED) is 0.776. The zero-order chi connectivity index (χ0) is 17.1. The van der Waals surface area contributed by atoms with E-state index in [0.717, 1.165) is 5.52 Å². The first-order chi connectivity index (χ1) is 11.5. The Morgan fingerprint density at radius 2 is 1.62 bits per heavy atom. The van der Waals surface area contributed by atoms with Crippen molar-refractivity contribution in [3.8, 4) is 0 Å².